The molecular weight excluding hydrogens is 234 g/mol. The summed E-state index contributed by atoms with van der Waals surface area (Å²) in [4.78, 5) is 0. The minimum atomic E-state index is 0.647. The lowest BCUT2D eigenvalue weighted by atomic mass is 9.95. The van der Waals surface area contributed by atoms with Gasteiger partial charge in [-0.25, -0.2) is 0 Å². The lowest BCUT2D eigenvalue weighted by molar-refractivity contribution is 0.186. The van der Waals surface area contributed by atoms with E-state index in [0.717, 1.165) is 31.0 Å². The van der Waals surface area contributed by atoms with Crippen molar-refractivity contribution >= 4 is 11.6 Å². The monoisotopic (exact) mass is 255 g/mol. The van der Waals surface area contributed by atoms with E-state index in [4.69, 9.17) is 16.3 Å². The lowest BCUT2D eigenvalue weighted by Crippen LogP contribution is -2.21. The molecule has 0 heterocycles. The number of benzene rings is 1. The quantitative estimate of drug-likeness (QED) is 0.721. The summed E-state index contributed by atoms with van der Waals surface area (Å²) < 4.78 is 5.10. The number of hydrogen-bond donors (Lipinski definition) is 1. The standard InChI is InChI=1S/C14H22ClNO/c1-16-11-13(6-4-8-17-2)9-12-5-3-7-14(15)10-12/h3,5,7,10,13,16H,4,6,8-9,11H2,1-2H3. The number of rotatable bonds is 8. The Kier molecular flexibility index (Phi) is 7.25. The zero-order chi connectivity index (χ0) is 12.5. The Morgan fingerprint density at radius 1 is 1.41 bits per heavy atom. The summed E-state index contributed by atoms with van der Waals surface area (Å²) in [6.07, 6.45) is 3.37. The van der Waals surface area contributed by atoms with Crippen LogP contribution in [0.2, 0.25) is 5.02 Å². The second-order valence-electron chi connectivity index (χ2n) is 4.39. The highest BCUT2D eigenvalue weighted by molar-refractivity contribution is 6.30. The van der Waals surface area contributed by atoms with Crippen LogP contribution in [0.4, 0.5) is 0 Å². The highest BCUT2D eigenvalue weighted by Crippen LogP contribution is 2.17. The molecule has 1 N–H and O–H groups in total. The van der Waals surface area contributed by atoms with Crippen molar-refractivity contribution in [2.24, 2.45) is 5.92 Å². The second kappa shape index (κ2) is 8.51. The highest BCUT2D eigenvalue weighted by Gasteiger charge is 2.09. The number of methoxy groups -OCH3 is 1. The van der Waals surface area contributed by atoms with Gasteiger partial charge in [-0.05, 0) is 56.5 Å². The minimum Gasteiger partial charge on any atom is -0.385 e. The van der Waals surface area contributed by atoms with Gasteiger partial charge in [-0.3, -0.25) is 0 Å². The number of halogens is 1. The van der Waals surface area contributed by atoms with Crippen molar-refractivity contribution in [2.45, 2.75) is 19.3 Å². The summed E-state index contributed by atoms with van der Waals surface area (Å²) in [5.74, 6) is 0.647. The maximum absolute atomic E-state index is 6.00. The van der Waals surface area contributed by atoms with E-state index in [1.165, 1.54) is 12.0 Å². The molecule has 1 atom stereocenters. The molecule has 0 amide bonds. The van der Waals surface area contributed by atoms with E-state index in [-0.39, 0.29) is 0 Å². The van der Waals surface area contributed by atoms with Crippen LogP contribution in [0, 0.1) is 5.92 Å². The Bertz CT molecular complexity index is 317. The van der Waals surface area contributed by atoms with Gasteiger partial charge in [0.05, 0.1) is 0 Å². The Morgan fingerprint density at radius 2 is 2.24 bits per heavy atom. The average Bonchev–Trinajstić information content (AvgIpc) is 2.29. The van der Waals surface area contributed by atoms with Crippen molar-refractivity contribution in [3.8, 4) is 0 Å². The fourth-order valence-electron chi connectivity index (χ4n) is 2.08. The van der Waals surface area contributed by atoms with Gasteiger partial charge in [-0.1, -0.05) is 23.7 Å². The Balaban J connectivity index is 2.47. The normalized spacial score (nSPS) is 12.6. The Morgan fingerprint density at radius 3 is 2.88 bits per heavy atom. The molecular formula is C14H22ClNO. The smallest absolute Gasteiger partial charge is 0.0462 e. The fourth-order valence-corrected chi connectivity index (χ4v) is 2.29. The van der Waals surface area contributed by atoms with E-state index in [9.17, 15) is 0 Å². The average molecular weight is 256 g/mol. The molecule has 0 aromatic heterocycles. The van der Waals surface area contributed by atoms with Crippen LogP contribution < -0.4 is 5.32 Å². The number of ether oxygens (including phenoxy) is 1. The van der Waals surface area contributed by atoms with Crippen molar-refractivity contribution in [1.29, 1.82) is 0 Å². The van der Waals surface area contributed by atoms with Gasteiger partial charge in [-0.15, -0.1) is 0 Å². The first-order valence-corrected chi connectivity index (χ1v) is 6.52. The molecule has 0 spiro atoms. The number of nitrogens with one attached hydrogen (secondary N) is 1. The summed E-state index contributed by atoms with van der Waals surface area (Å²) in [6.45, 7) is 1.88. The van der Waals surface area contributed by atoms with Crippen LogP contribution in [0.25, 0.3) is 0 Å². The van der Waals surface area contributed by atoms with Crippen LogP contribution in [-0.2, 0) is 11.2 Å². The molecule has 0 bridgehead atoms. The van der Waals surface area contributed by atoms with Gasteiger partial charge in [0.2, 0.25) is 0 Å². The molecule has 0 saturated carbocycles. The van der Waals surface area contributed by atoms with Gasteiger partial charge in [0.15, 0.2) is 0 Å². The van der Waals surface area contributed by atoms with E-state index >= 15 is 0 Å². The predicted molar refractivity (Wildman–Crippen MR) is 73.7 cm³/mol. The maximum atomic E-state index is 6.00. The first kappa shape index (κ1) is 14.5. The van der Waals surface area contributed by atoms with E-state index in [1.54, 1.807) is 7.11 Å². The van der Waals surface area contributed by atoms with E-state index in [0.29, 0.717) is 5.92 Å². The Hall–Kier alpha value is -0.570. The van der Waals surface area contributed by atoms with Crippen LogP contribution in [0.5, 0.6) is 0 Å². The third-order valence-electron chi connectivity index (χ3n) is 2.87. The van der Waals surface area contributed by atoms with Crippen molar-refractivity contribution < 1.29 is 4.74 Å². The molecule has 0 aliphatic heterocycles. The molecule has 0 aliphatic rings. The highest BCUT2D eigenvalue weighted by atomic mass is 35.5. The lowest BCUT2D eigenvalue weighted by Gasteiger charge is -2.16. The summed E-state index contributed by atoms with van der Waals surface area (Å²) in [5.41, 5.74) is 1.31. The molecule has 0 fully saturated rings. The maximum Gasteiger partial charge on any atom is 0.0462 e. The minimum absolute atomic E-state index is 0.647. The van der Waals surface area contributed by atoms with Crippen molar-refractivity contribution in [1.82, 2.24) is 5.32 Å². The first-order chi connectivity index (χ1) is 8.26. The molecule has 2 nitrogen and oxygen atoms in total. The topological polar surface area (TPSA) is 21.3 Å². The van der Waals surface area contributed by atoms with Crippen LogP contribution >= 0.6 is 11.6 Å². The zero-order valence-electron chi connectivity index (χ0n) is 10.7. The molecule has 3 heteroatoms. The molecule has 1 aromatic rings. The van der Waals surface area contributed by atoms with Gasteiger partial charge in [-0.2, -0.15) is 0 Å². The largest absolute Gasteiger partial charge is 0.385 e. The van der Waals surface area contributed by atoms with Gasteiger partial charge < -0.3 is 10.1 Å². The van der Waals surface area contributed by atoms with Crippen molar-refractivity contribution in [3.05, 3.63) is 34.9 Å². The Labute approximate surface area is 109 Å². The van der Waals surface area contributed by atoms with Gasteiger partial charge in [0.25, 0.3) is 0 Å². The fraction of sp³-hybridized carbons (Fsp3) is 0.571. The van der Waals surface area contributed by atoms with Gasteiger partial charge in [0, 0.05) is 18.7 Å². The molecule has 0 radical (unpaired) electrons. The van der Waals surface area contributed by atoms with Crippen LogP contribution in [0.15, 0.2) is 24.3 Å². The van der Waals surface area contributed by atoms with Gasteiger partial charge >= 0.3 is 0 Å². The van der Waals surface area contributed by atoms with E-state index in [2.05, 4.69) is 17.4 Å². The van der Waals surface area contributed by atoms with Crippen molar-refractivity contribution in [3.63, 3.8) is 0 Å². The van der Waals surface area contributed by atoms with Crippen LogP contribution in [0.1, 0.15) is 18.4 Å². The molecule has 1 aromatic carbocycles. The van der Waals surface area contributed by atoms with Crippen LogP contribution in [-0.4, -0.2) is 27.3 Å². The second-order valence-corrected chi connectivity index (χ2v) is 4.83. The molecule has 0 aliphatic carbocycles. The van der Waals surface area contributed by atoms with E-state index < -0.39 is 0 Å². The van der Waals surface area contributed by atoms with Gasteiger partial charge in [0.1, 0.15) is 0 Å². The number of hydrogen-bond acceptors (Lipinski definition) is 2. The first-order valence-electron chi connectivity index (χ1n) is 6.14. The molecule has 96 valence electrons. The predicted octanol–water partition coefficient (Wildman–Crippen LogP) is 3.14. The SMILES string of the molecule is CNCC(CCCOC)Cc1cccc(Cl)c1. The summed E-state index contributed by atoms with van der Waals surface area (Å²) >= 11 is 6.00. The molecule has 0 saturated heterocycles. The molecule has 1 rings (SSSR count). The molecule has 17 heavy (non-hydrogen) atoms. The van der Waals surface area contributed by atoms with E-state index in [1.807, 2.05) is 19.2 Å². The summed E-state index contributed by atoms with van der Waals surface area (Å²) in [7, 11) is 3.76. The summed E-state index contributed by atoms with van der Waals surface area (Å²) in [5, 5.41) is 4.08. The molecule has 1 unspecified atom stereocenters. The third-order valence-corrected chi connectivity index (χ3v) is 3.10. The third kappa shape index (κ3) is 6.06. The zero-order valence-corrected chi connectivity index (χ0v) is 11.5. The van der Waals surface area contributed by atoms with Crippen LogP contribution in [0.3, 0.4) is 0 Å². The summed E-state index contributed by atoms with van der Waals surface area (Å²) in [6, 6.07) is 8.14. The van der Waals surface area contributed by atoms with Crippen molar-refractivity contribution in [2.75, 3.05) is 27.3 Å².